The number of hydrogen-bond donors (Lipinski definition) is 0. The molecule has 3 aromatic rings. The van der Waals surface area contributed by atoms with Gasteiger partial charge >= 0.3 is 15.8 Å². The minimum atomic E-state index is -4.08. The quantitative estimate of drug-likeness (QED) is 0.672. The molecule has 8 heteroatoms. The van der Waals surface area contributed by atoms with E-state index in [2.05, 4.69) is 0 Å². The molecule has 0 spiro atoms. The van der Waals surface area contributed by atoms with Crippen molar-refractivity contribution in [2.24, 2.45) is 14.1 Å². The maximum Gasteiger partial charge on any atom is 0.339 e. The van der Waals surface area contributed by atoms with Crippen molar-refractivity contribution in [1.82, 2.24) is 9.13 Å². The average Bonchev–Trinajstić information content (AvgIpc) is 2.79. The molecule has 2 aromatic carbocycles. The first-order valence-electron chi connectivity index (χ1n) is 6.93. The van der Waals surface area contributed by atoms with Crippen LogP contribution in [0.1, 0.15) is 5.56 Å². The largest absolute Gasteiger partial charge is 0.379 e. The summed E-state index contributed by atoms with van der Waals surface area (Å²) >= 11 is 0. The lowest BCUT2D eigenvalue weighted by Crippen LogP contribution is -2.19. The van der Waals surface area contributed by atoms with E-state index in [0.717, 1.165) is 0 Å². The van der Waals surface area contributed by atoms with Gasteiger partial charge in [0.25, 0.3) is 0 Å². The molecule has 1 aromatic heterocycles. The van der Waals surface area contributed by atoms with Crippen LogP contribution in [0.3, 0.4) is 0 Å². The Hall–Kier alpha value is -3.05. The summed E-state index contributed by atoms with van der Waals surface area (Å²) in [5.41, 5.74) is 1.15. The third-order valence-electron chi connectivity index (χ3n) is 3.70. The lowest BCUT2D eigenvalue weighted by molar-refractivity contribution is 0.486. The number of aryl methyl sites for hydroxylation is 2. The van der Waals surface area contributed by atoms with Gasteiger partial charge in [0.15, 0.2) is 0 Å². The molecule has 0 saturated carbocycles. The van der Waals surface area contributed by atoms with Crippen LogP contribution in [-0.2, 0) is 24.2 Å². The van der Waals surface area contributed by atoms with Crippen LogP contribution in [-0.4, -0.2) is 17.6 Å². The van der Waals surface area contributed by atoms with Gasteiger partial charge in [-0.15, -0.1) is 0 Å². The van der Waals surface area contributed by atoms with E-state index in [1.54, 1.807) is 26.2 Å². The second kappa shape index (κ2) is 5.54. The van der Waals surface area contributed by atoms with E-state index >= 15 is 0 Å². The number of benzene rings is 2. The molecule has 0 N–H and O–H groups in total. The topological polar surface area (TPSA) is 94.1 Å². The molecule has 0 bridgehead atoms. The zero-order valence-electron chi connectivity index (χ0n) is 12.9. The van der Waals surface area contributed by atoms with Crippen LogP contribution in [0.2, 0.25) is 0 Å². The van der Waals surface area contributed by atoms with Crippen LogP contribution in [0.4, 0.5) is 0 Å². The predicted octanol–water partition coefficient (Wildman–Crippen LogP) is 1.52. The van der Waals surface area contributed by atoms with Gasteiger partial charge in [-0.2, -0.15) is 13.7 Å². The van der Waals surface area contributed by atoms with Gasteiger partial charge in [0.05, 0.1) is 22.7 Å². The molecule has 0 aliphatic rings. The molecule has 0 saturated heterocycles. The SMILES string of the molecule is Cn1c(=O)n(C)c2cc(S(=O)(=O)Oc3cccc(C#N)c3)ccc21. The molecule has 0 amide bonds. The number of imidazole rings is 1. The van der Waals surface area contributed by atoms with Gasteiger partial charge in [0.1, 0.15) is 10.6 Å². The Bertz CT molecular complexity index is 1150. The standard InChI is InChI=1S/C16H13N3O4S/c1-18-14-7-6-13(9-15(14)19(2)16(18)20)24(21,22)23-12-5-3-4-11(8-12)10-17/h3-9H,1-2H3. The van der Waals surface area contributed by atoms with Crippen molar-refractivity contribution in [3.63, 3.8) is 0 Å². The van der Waals surface area contributed by atoms with Crippen molar-refractivity contribution in [3.05, 3.63) is 58.5 Å². The molecular weight excluding hydrogens is 330 g/mol. The van der Waals surface area contributed by atoms with E-state index in [9.17, 15) is 13.2 Å². The van der Waals surface area contributed by atoms with Gasteiger partial charge in [-0.25, -0.2) is 4.79 Å². The number of fused-ring (bicyclic) bond motifs is 1. The first-order valence-corrected chi connectivity index (χ1v) is 8.34. The third kappa shape index (κ3) is 2.55. The molecular formula is C16H13N3O4S. The second-order valence-corrected chi connectivity index (χ2v) is 6.77. The maximum absolute atomic E-state index is 12.4. The number of rotatable bonds is 3. The minimum absolute atomic E-state index is 0.0519. The normalized spacial score (nSPS) is 11.4. The summed E-state index contributed by atoms with van der Waals surface area (Å²) in [6.45, 7) is 0. The Morgan fingerprint density at radius 3 is 2.46 bits per heavy atom. The van der Waals surface area contributed by atoms with Crippen LogP contribution in [0.25, 0.3) is 11.0 Å². The highest BCUT2D eigenvalue weighted by Gasteiger charge is 2.19. The molecule has 0 aliphatic carbocycles. The average molecular weight is 343 g/mol. The van der Waals surface area contributed by atoms with E-state index in [1.807, 2.05) is 6.07 Å². The minimum Gasteiger partial charge on any atom is -0.379 e. The molecule has 0 aliphatic heterocycles. The summed E-state index contributed by atoms with van der Waals surface area (Å²) in [5, 5.41) is 8.86. The van der Waals surface area contributed by atoms with Crippen LogP contribution in [0, 0.1) is 11.3 Å². The molecule has 122 valence electrons. The summed E-state index contributed by atoms with van der Waals surface area (Å²) in [6.07, 6.45) is 0. The monoisotopic (exact) mass is 343 g/mol. The Morgan fingerprint density at radius 1 is 1.04 bits per heavy atom. The fraction of sp³-hybridized carbons (Fsp3) is 0.125. The zero-order chi connectivity index (χ0) is 17.5. The van der Waals surface area contributed by atoms with Crippen LogP contribution >= 0.6 is 0 Å². The molecule has 1 heterocycles. The highest BCUT2D eigenvalue weighted by Crippen LogP contribution is 2.22. The smallest absolute Gasteiger partial charge is 0.339 e. The summed E-state index contributed by atoms with van der Waals surface area (Å²) in [5.74, 6) is 0.0519. The van der Waals surface area contributed by atoms with Gasteiger partial charge in [-0.1, -0.05) is 6.07 Å². The van der Waals surface area contributed by atoms with E-state index in [0.29, 0.717) is 16.6 Å². The molecule has 0 fully saturated rings. The van der Waals surface area contributed by atoms with Crippen LogP contribution in [0.15, 0.2) is 52.2 Å². The van der Waals surface area contributed by atoms with Crippen LogP contribution in [0.5, 0.6) is 5.75 Å². The van der Waals surface area contributed by atoms with Crippen molar-refractivity contribution >= 4 is 21.2 Å². The predicted molar refractivity (Wildman–Crippen MR) is 87.1 cm³/mol. The van der Waals surface area contributed by atoms with E-state index < -0.39 is 10.1 Å². The lowest BCUT2D eigenvalue weighted by Gasteiger charge is -2.07. The summed E-state index contributed by atoms with van der Waals surface area (Å²) in [6, 6.07) is 12.1. The van der Waals surface area contributed by atoms with Gasteiger partial charge in [-0.05, 0) is 36.4 Å². The van der Waals surface area contributed by atoms with Crippen molar-refractivity contribution < 1.29 is 12.6 Å². The maximum atomic E-state index is 12.4. The van der Waals surface area contributed by atoms with Gasteiger partial charge in [0.2, 0.25) is 0 Å². The number of aromatic nitrogens is 2. The third-order valence-corrected chi connectivity index (χ3v) is 4.94. The Morgan fingerprint density at radius 2 is 1.75 bits per heavy atom. The Kier molecular flexibility index (Phi) is 3.66. The molecule has 0 atom stereocenters. The van der Waals surface area contributed by atoms with E-state index in [4.69, 9.17) is 9.44 Å². The number of nitriles is 1. The fourth-order valence-electron chi connectivity index (χ4n) is 2.43. The highest BCUT2D eigenvalue weighted by molar-refractivity contribution is 7.87. The van der Waals surface area contributed by atoms with Crippen LogP contribution < -0.4 is 9.87 Å². The van der Waals surface area contributed by atoms with Gasteiger partial charge in [0, 0.05) is 14.1 Å². The number of nitrogens with zero attached hydrogens (tertiary/aromatic N) is 3. The van der Waals surface area contributed by atoms with Crippen molar-refractivity contribution in [2.45, 2.75) is 4.90 Å². The number of hydrogen-bond acceptors (Lipinski definition) is 5. The first kappa shape index (κ1) is 15.8. The molecule has 24 heavy (non-hydrogen) atoms. The Balaban J connectivity index is 2.07. The zero-order valence-corrected chi connectivity index (χ0v) is 13.7. The summed E-state index contributed by atoms with van der Waals surface area (Å²) < 4.78 is 32.8. The lowest BCUT2D eigenvalue weighted by atomic mass is 10.2. The molecule has 3 rings (SSSR count). The molecule has 0 unspecified atom stereocenters. The van der Waals surface area contributed by atoms with Gasteiger partial charge < -0.3 is 4.18 Å². The van der Waals surface area contributed by atoms with Crippen molar-refractivity contribution in [1.29, 1.82) is 5.26 Å². The molecule has 7 nitrogen and oxygen atoms in total. The fourth-order valence-corrected chi connectivity index (χ4v) is 3.38. The van der Waals surface area contributed by atoms with Gasteiger partial charge in [-0.3, -0.25) is 9.13 Å². The molecule has 0 radical (unpaired) electrons. The van der Waals surface area contributed by atoms with Crippen molar-refractivity contribution in [2.75, 3.05) is 0 Å². The van der Waals surface area contributed by atoms with Crippen molar-refractivity contribution in [3.8, 4) is 11.8 Å². The Labute approximate surface area is 138 Å². The first-order chi connectivity index (χ1) is 11.3. The summed E-state index contributed by atoms with van der Waals surface area (Å²) in [4.78, 5) is 11.9. The second-order valence-electron chi connectivity index (χ2n) is 5.23. The van der Waals surface area contributed by atoms with E-state index in [1.165, 1.54) is 39.5 Å². The highest BCUT2D eigenvalue weighted by atomic mass is 32.2. The summed E-state index contributed by atoms with van der Waals surface area (Å²) in [7, 11) is -0.903. The van der Waals surface area contributed by atoms with E-state index in [-0.39, 0.29) is 16.3 Å².